The fourth-order valence-corrected chi connectivity index (χ4v) is 1.10. The molecule has 0 bridgehead atoms. The molecule has 0 radical (unpaired) electrons. The molecular formula is C10H16N2O. The van der Waals surface area contributed by atoms with Crippen LogP contribution in [0.2, 0.25) is 0 Å². The molecule has 0 saturated heterocycles. The van der Waals surface area contributed by atoms with Gasteiger partial charge in [0.1, 0.15) is 5.69 Å². The van der Waals surface area contributed by atoms with Crippen molar-refractivity contribution in [2.24, 2.45) is 0 Å². The monoisotopic (exact) mass is 180 g/mol. The molecule has 1 aromatic heterocycles. The minimum Gasteiger partial charge on any atom is -0.314 e. The molecule has 13 heavy (non-hydrogen) atoms. The maximum absolute atomic E-state index is 11.3. The molecule has 3 heteroatoms. The Bertz CT molecular complexity index is 302. The van der Waals surface area contributed by atoms with Crippen molar-refractivity contribution < 1.29 is 6.22 Å². The van der Waals surface area contributed by atoms with E-state index in [9.17, 15) is 4.79 Å². The van der Waals surface area contributed by atoms with Gasteiger partial charge in [0, 0.05) is 14.4 Å². The van der Waals surface area contributed by atoms with Crippen LogP contribution in [0.25, 0.3) is 0 Å². The number of hydrogen-bond donors (Lipinski definition) is 1. The van der Waals surface area contributed by atoms with Gasteiger partial charge in [-0.3, -0.25) is 4.79 Å². The fraction of sp³-hybridized carbons (Fsp3) is 0.400. The number of hydrogen-bond acceptors (Lipinski definition) is 3. The molecule has 72 valence electrons. The van der Waals surface area contributed by atoms with Gasteiger partial charge in [0.15, 0.2) is 5.78 Å². The van der Waals surface area contributed by atoms with Gasteiger partial charge < -0.3 is 5.32 Å². The van der Waals surface area contributed by atoms with Gasteiger partial charge in [0.05, 0.1) is 5.69 Å². The van der Waals surface area contributed by atoms with Gasteiger partial charge in [0.25, 0.3) is 0 Å². The number of nitrogens with one attached hydrogen (secondary N) is 1. The number of carbonyl (C=O) groups is 1. The Morgan fingerprint density at radius 3 is 3.00 bits per heavy atom. The van der Waals surface area contributed by atoms with Crippen molar-refractivity contribution in [1.29, 1.82) is 0 Å². The molecule has 1 rings (SSSR count). The summed E-state index contributed by atoms with van der Waals surface area (Å²) in [5, 5.41) is 2.99. The lowest BCUT2D eigenvalue weighted by molar-refractivity contribution is 0.0983. The SMILES string of the molecule is CCC(=O)c1cccc(CNC)n1.[HH]. The molecule has 0 aliphatic rings. The zero-order valence-electron chi connectivity index (χ0n) is 8.00. The molecule has 0 fully saturated rings. The van der Waals surface area contributed by atoms with Crippen LogP contribution in [0.1, 0.15) is 31.0 Å². The van der Waals surface area contributed by atoms with Crippen molar-refractivity contribution in [2.45, 2.75) is 19.9 Å². The number of nitrogens with zero attached hydrogens (tertiary/aromatic N) is 1. The Labute approximate surface area is 79.7 Å². The highest BCUT2D eigenvalue weighted by Crippen LogP contribution is 2.02. The van der Waals surface area contributed by atoms with Gasteiger partial charge in [-0.15, -0.1) is 0 Å². The highest BCUT2D eigenvalue weighted by molar-refractivity contribution is 5.93. The summed E-state index contributed by atoms with van der Waals surface area (Å²) in [4.78, 5) is 15.5. The Morgan fingerprint density at radius 1 is 1.62 bits per heavy atom. The van der Waals surface area contributed by atoms with Gasteiger partial charge in [-0.2, -0.15) is 0 Å². The van der Waals surface area contributed by atoms with Crippen molar-refractivity contribution in [3.05, 3.63) is 29.6 Å². The molecule has 0 saturated carbocycles. The van der Waals surface area contributed by atoms with Gasteiger partial charge in [-0.05, 0) is 19.2 Å². The van der Waals surface area contributed by atoms with Crippen molar-refractivity contribution in [3.63, 3.8) is 0 Å². The largest absolute Gasteiger partial charge is 0.314 e. The second-order valence-corrected chi connectivity index (χ2v) is 2.82. The predicted molar refractivity (Wildman–Crippen MR) is 53.7 cm³/mol. The first-order chi connectivity index (χ1) is 6.27. The summed E-state index contributed by atoms with van der Waals surface area (Å²) in [5.74, 6) is 0.0953. The van der Waals surface area contributed by atoms with E-state index < -0.39 is 0 Å². The number of pyridine rings is 1. The molecular weight excluding hydrogens is 164 g/mol. The minimum absolute atomic E-state index is 0. The predicted octanol–water partition coefficient (Wildman–Crippen LogP) is 1.64. The van der Waals surface area contributed by atoms with Crippen LogP contribution in [0.4, 0.5) is 0 Å². The van der Waals surface area contributed by atoms with Crippen molar-refractivity contribution in [3.8, 4) is 0 Å². The standard InChI is InChI=1S/C10H14N2O.H2/c1-3-10(13)9-6-4-5-8(12-9)7-11-2;/h4-6,11H,3,7H2,1-2H3;1H. The van der Waals surface area contributed by atoms with Crippen molar-refractivity contribution >= 4 is 5.78 Å². The molecule has 0 aromatic carbocycles. The van der Waals surface area contributed by atoms with Gasteiger partial charge in [0.2, 0.25) is 0 Å². The van der Waals surface area contributed by atoms with E-state index in [1.165, 1.54) is 0 Å². The minimum atomic E-state index is 0. The van der Waals surface area contributed by atoms with Crippen molar-refractivity contribution in [1.82, 2.24) is 10.3 Å². The van der Waals surface area contributed by atoms with E-state index in [0.717, 1.165) is 5.69 Å². The van der Waals surface area contributed by atoms with E-state index in [1.807, 2.05) is 26.1 Å². The normalized spacial score (nSPS) is 10.0. The van der Waals surface area contributed by atoms with Crippen LogP contribution in [0, 0.1) is 0 Å². The number of ketones is 1. The average Bonchev–Trinajstić information content (AvgIpc) is 2.18. The number of rotatable bonds is 4. The quantitative estimate of drug-likeness (QED) is 0.716. The topological polar surface area (TPSA) is 42.0 Å². The third kappa shape index (κ3) is 2.63. The molecule has 1 aromatic rings. The third-order valence-electron chi connectivity index (χ3n) is 1.77. The zero-order valence-corrected chi connectivity index (χ0v) is 8.00. The summed E-state index contributed by atoms with van der Waals surface area (Å²) in [6.07, 6.45) is 0.510. The molecule has 0 aliphatic carbocycles. The van der Waals surface area contributed by atoms with E-state index >= 15 is 0 Å². The molecule has 1 heterocycles. The summed E-state index contributed by atoms with van der Waals surface area (Å²) < 4.78 is 0. The van der Waals surface area contributed by atoms with Crippen LogP contribution in [-0.2, 0) is 6.54 Å². The summed E-state index contributed by atoms with van der Waals surface area (Å²) in [6.45, 7) is 2.54. The second-order valence-electron chi connectivity index (χ2n) is 2.82. The highest BCUT2D eigenvalue weighted by Gasteiger charge is 2.04. The number of aromatic nitrogens is 1. The van der Waals surface area contributed by atoms with E-state index in [0.29, 0.717) is 18.7 Å². The molecule has 0 unspecified atom stereocenters. The van der Waals surface area contributed by atoms with Gasteiger partial charge >= 0.3 is 0 Å². The van der Waals surface area contributed by atoms with Crippen LogP contribution < -0.4 is 5.32 Å². The maximum Gasteiger partial charge on any atom is 0.180 e. The van der Waals surface area contributed by atoms with Gasteiger partial charge in [-0.1, -0.05) is 13.0 Å². The lowest BCUT2D eigenvalue weighted by atomic mass is 10.2. The molecule has 3 nitrogen and oxygen atoms in total. The lowest BCUT2D eigenvalue weighted by Crippen LogP contribution is -2.09. The third-order valence-corrected chi connectivity index (χ3v) is 1.77. The number of Topliss-reactive ketones (excluding diaryl/α,β-unsaturated/α-hetero) is 1. The van der Waals surface area contributed by atoms with Crippen molar-refractivity contribution in [2.75, 3.05) is 7.05 Å². The van der Waals surface area contributed by atoms with E-state index in [-0.39, 0.29) is 7.21 Å². The molecule has 0 spiro atoms. The fourth-order valence-electron chi connectivity index (χ4n) is 1.10. The van der Waals surface area contributed by atoms with Crippen LogP contribution in [0.5, 0.6) is 0 Å². The zero-order chi connectivity index (χ0) is 9.68. The van der Waals surface area contributed by atoms with Crippen LogP contribution in [0.15, 0.2) is 18.2 Å². The summed E-state index contributed by atoms with van der Waals surface area (Å²) in [6, 6.07) is 5.52. The lowest BCUT2D eigenvalue weighted by Gasteiger charge is -2.01. The Morgan fingerprint density at radius 2 is 2.38 bits per heavy atom. The molecule has 1 N–H and O–H groups in total. The number of carbonyl (C=O) groups excluding carboxylic acids is 1. The van der Waals surface area contributed by atoms with Gasteiger partial charge in [-0.25, -0.2) is 4.98 Å². The Kier molecular flexibility index (Phi) is 3.58. The second kappa shape index (κ2) is 4.72. The summed E-state index contributed by atoms with van der Waals surface area (Å²) in [5.41, 5.74) is 1.47. The smallest absolute Gasteiger partial charge is 0.180 e. The van der Waals surface area contributed by atoms with Crippen LogP contribution in [-0.4, -0.2) is 17.8 Å². The average molecular weight is 180 g/mol. The first kappa shape index (κ1) is 9.86. The van der Waals surface area contributed by atoms with E-state index in [1.54, 1.807) is 6.07 Å². The molecule has 0 aliphatic heterocycles. The Hall–Kier alpha value is -1.22. The Balaban J connectivity index is 0.00000169. The molecule has 0 amide bonds. The highest BCUT2D eigenvalue weighted by atomic mass is 16.1. The summed E-state index contributed by atoms with van der Waals surface area (Å²) >= 11 is 0. The maximum atomic E-state index is 11.3. The van der Waals surface area contributed by atoms with Crippen LogP contribution in [0.3, 0.4) is 0 Å². The van der Waals surface area contributed by atoms with Crippen LogP contribution >= 0.6 is 0 Å². The molecule has 0 atom stereocenters. The first-order valence-electron chi connectivity index (χ1n) is 4.41. The van der Waals surface area contributed by atoms with E-state index in [2.05, 4.69) is 10.3 Å². The first-order valence-corrected chi connectivity index (χ1v) is 4.41. The summed E-state index contributed by atoms with van der Waals surface area (Å²) in [7, 11) is 1.86. The van der Waals surface area contributed by atoms with E-state index in [4.69, 9.17) is 0 Å².